The van der Waals surface area contributed by atoms with Crippen molar-refractivity contribution >= 4 is 35.2 Å². The van der Waals surface area contributed by atoms with E-state index in [0.717, 1.165) is 17.7 Å². The van der Waals surface area contributed by atoms with Crippen LogP contribution in [0.5, 0.6) is 0 Å². The van der Waals surface area contributed by atoms with Crippen LogP contribution in [0, 0.1) is 0 Å². The van der Waals surface area contributed by atoms with Crippen LogP contribution in [0.3, 0.4) is 0 Å². The maximum atomic E-state index is 12.1. The molecule has 0 bridgehead atoms. The molecule has 1 aromatic rings. The number of esters is 1. The number of carbonyl (C=O) groups excluding carboxylic acids is 3. The largest absolute Gasteiger partial charge is 0.454 e. The molecule has 1 aromatic carbocycles. The third-order valence-corrected chi connectivity index (χ3v) is 4.64. The number of hydrogen-bond donors (Lipinski definition) is 1. The summed E-state index contributed by atoms with van der Waals surface area (Å²) in [6, 6.07) is 7.46. The molecule has 1 aliphatic heterocycles. The standard InChI is InChI=1S/C17H22N2O4S/c1-3-6-12(2)18-15(20)10-23-17(22)9-19-13-7-4-5-8-14(13)24-11-16(19)21/h4-5,7-8,12H,3,6,9-11H2,1-2H3,(H,18,20)/t12-/m0/s1. The monoisotopic (exact) mass is 350 g/mol. The molecule has 0 spiro atoms. The molecule has 1 N–H and O–H groups in total. The number of para-hydroxylation sites is 1. The zero-order valence-electron chi connectivity index (χ0n) is 13.9. The molecule has 6 nitrogen and oxygen atoms in total. The predicted octanol–water partition coefficient (Wildman–Crippen LogP) is 1.97. The molecule has 2 amide bonds. The van der Waals surface area contributed by atoms with Crippen LogP contribution in [0.4, 0.5) is 5.69 Å². The Kier molecular flexibility index (Phi) is 6.66. The van der Waals surface area contributed by atoms with Crippen molar-refractivity contribution in [1.29, 1.82) is 0 Å². The fourth-order valence-electron chi connectivity index (χ4n) is 2.47. The Bertz CT molecular complexity index is 620. The van der Waals surface area contributed by atoms with Gasteiger partial charge >= 0.3 is 5.97 Å². The average molecular weight is 350 g/mol. The predicted molar refractivity (Wildman–Crippen MR) is 93.0 cm³/mol. The molecule has 0 fully saturated rings. The van der Waals surface area contributed by atoms with E-state index in [1.807, 2.05) is 32.0 Å². The molecule has 0 aromatic heterocycles. The number of amides is 2. The van der Waals surface area contributed by atoms with E-state index in [1.165, 1.54) is 16.7 Å². The summed E-state index contributed by atoms with van der Waals surface area (Å²) in [6.07, 6.45) is 1.84. The lowest BCUT2D eigenvalue weighted by atomic mass is 10.2. The van der Waals surface area contributed by atoms with E-state index in [2.05, 4.69) is 5.32 Å². The third-order valence-electron chi connectivity index (χ3n) is 3.59. The Morgan fingerprint density at radius 2 is 2.12 bits per heavy atom. The number of nitrogens with zero attached hydrogens (tertiary/aromatic N) is 1. The Labute approximate surface area is 145 Å². The van der Waals surface area contributed by atoms with Crippen molar-refractivity contribution in [2.24, 2.45) is 0 Å². The van der Waals surface area contributed by atoms with Crippen molar-refractivity contribution in [3.8, 4) is 0 Å². The van der Waals surface area contributed by atoms with Gasteiger partial charge in [0.15, 0.2) is 6.61 Å². The fraction of sp³-hybridized carbons (Fsp3) is 0.471. The molecule has 24 heavy (non-hydrogen) atoms. The van der Waals surface area contributed by atoms with Gasteiger partial charge in [-0.15, -0.1) is 11.8 Å². The highest BCUT2D eigenvalue weighted by Crippen LogP contribution is 2.34. The van der Waals surface area contributed by atoms with Crippen molar-refractivity contribution < 1.29 is 19.1 Å². The van der Waals surface area contributed by atoms with E-state index in [4.69, 9.17) is 4.74 Å². The number of rotatable bonds is 7. The highest BCUT2D eigenvalue weighted by Gasteiger charge is 2.26. The van der Waals surface area contributed by atoms with Gasteiger partial charge in [-0.3, -0.25) is 19.3 Å². The fourth-order valence-corrected chi connectivity index (χ4v) is 3.41. The van der Waals surface area contributed by atoms with Crippen molar-refractivity contribution in [1.82, 2.24) is 5.32 Å². The van der Waals surface area contributed by atoms with Crippen molar-refractivity contribution in [2.45, 2.75) is 37.6 Å². The summed E-state index contributed by atoms with van der Waals surface area (Å²) in [7, 11) is 0. The third kappa shape index (κ3) is 4.99. The van der Waals surface area contributed by atoms with Gasteiger partial charge in [0, 0.05) is 10.9 Å². The lowest BCUT2D eigenvalue weighted by Crippen LogP contribution is -2.41. The summed E-state index contributed by atoms with van der Waals surface area (Å²) in [5, 5.41) is 2.76. The van der Waals surface area contributed by atoms with Crippen LogP contribution in [-0.4, -0.2) is 42.7 Å². The second kappa shape index (κ2) is 8.73. The summed E-state index contributed by atoms with van der Waals surface area (Å²) in [5.41, 5.74) is 0.705. The minimum atomic E-state index is -0.594. The number of carbonyl (C=O) groups is 3. The highest BCUT2D eigenvalue weighted by atomic mass is 32.2. The average Bonchev–Trinajstić information content (AvgIpc) is 2.56. The van der Waals surface area contributed by atoms with Gasteiger partial charge < -0.3 is 10.1 Å². The summed E-state index contributed by atoms with van der Waals surface area (Å²) in [4.78, 5) is 38.1. The van der Waals surface area contributed by atoms with Crippen LogP contribution in [0.2, 0.25) is 0 Å². The van der Waals surface area contributed by atoms with Crippen LogP contribution in [0.25, 0.3) is 0 Å². The second-order valence-corrected chi connectivity index (χ2v) is 6.67. The molecule has 7 heteroatoms. The van der Waals surface area contributed by atoms with E-state index in [1.54, 1.807) is 6.07 Å². The molecule has 2 rings (SSSR count). The van der Waals surface area contributed by atoms with Gasteiger partial charge in [-0.25, -0.2) is 0 Å². The van der Waals surface area contributed by atoms with Crippen molar-refractivity contribution in [3.05, 3.63) is 24.3 Å². The van der Waals surface area contributed by atoms with Crippen LogP contribution in [0.1, 0.15) is 26.7 Å². The lowest BCUT2D eigenvalue weighted by Gasteiger charge is -2.27. The molecule has 1 aliphatic rings. The number of anilines is 1. The molecule has 0 radical (unpaired) electrons. The van der Waals surface area contributed by atoms with Crippen molar-refractivity contribution in [2.75, 3.05) is 23.8 Å². The number of hydrogen-bond acceptors (Lipinski definition) is 5. The number of thioether (sulfide) groups is 1. The van der Waals surface area contributed by atoms with Crippen LogP contribution in [0.15, 0.2) is 29.2 Å². The minimum Gasteiger partial charge on any atom is -0.454 e. The van der Waals surface area contributed by atoms with Gasteiger partial charge in [-0.05, 0) is 25.5 Å². The van der Waals surface area contributed by atoms with Crippen LogP contribution < -0.4 is 10.2 Å². The van der Waals surface area contributed by atoms with Gasteiger partial charge in [-0.2, -0.15) is 0 Å². The summed E-state index contributed by atoms with van der Waals surface area (Å²) in [5.74, 6) is -0.774. The molecular formula is C17H22N2O4S. The normalized spacial score (nSPS) is 14.8. The Morgan fingerprint density at radius 3 is 2.88 bits per heavy atom. The number of ether oxygens (including phenoxy) is 1. The van der Waals surface area contributed by atoms with Crippen LogP contribution >= 0.6 is 11.8 Å². The van der Waals surface area contributed by atoms with Gasteiger partial charge in [-0.1, -0.05) is 25.5 Å². The molecule has 1 heterocycles. The molecule has 0 saturated carbocycles. The van der Waals surface area contributed by atoms with E-state index in [9.17, 15) is 14.4 Å². The van der Waals surface area contributed by atoms with Crippen molar-refractivity contribution in [3.63, 3.8) is 0 Å². The van der Waals surface area contributed by atoms with Gasteiger partial charge in [0.2, 0.25) is 5.91 Å². The summed E-state index contributed by atoms with van der Waals surface area (Å²) in [6.45, 7) is 3.43. The smallest absolute Gasteiger partial charge is 0.326 e. The lowest BCUT2D eigenvalue weighted by molar-refractivity contribution is -0.147. The molecule has 0 saturated heterocycles. The SMILES string of the molecule is CCC[C@H](C)NC(=O)COC(=O)CN1C(=O)CSc2ccccc21. The van der Waals surface area contributed by atoms with Gasteiger partial charge in [0.25, 0.3) is 5.91 Å². The first kappa shape index (κ1) is 18.3. The Morgan fingerprint density at radius 1 is 1.38 bits per heavy atom. The van der Waals surface area contributed by atoms with E-state index in [-0.39, 0.29) is 31.0 Å². The Balaban J connectivity index is 1.86. The first-order chi connectivity index (χ1) is 11.5. The minimum absolute atomic E-state index is 0.0498. The summed E-state index contributed by atoms with van der Waals surface area (Å²) >= 11 is 1.45. The second-order valence-electron chi connectivity index (χ2n) is 5.65. The highest BCUT2D eigenvalue weighted by molar-refractivity contribution is 8.00. The number of nitrogens with one attached hydrogen (secondary N) is 1. The Hall–Kier alpha value is -2.02. The van der Waals surface area contributed by atoms with Crippen LogP contribution in [-0.2, 0) is 19.1 Å². The van der Waals surface area contributed by atoms with Gasteiger partial charge in [0.05, 0.1) is 11.4 Å². The first-order valence-corrected chi connectivity index (χ1v) is 8.97. The first-order valence-electron chi connectivity index (χ1n) is 7.98. The molecule has 1 atom stereocenters. The maximum Gasteiger partial charge on any atom is 0.326 e. The number of benzene rings is 1. The molecule has 0 aliphatic carbocycles. The van der Waals surface area contributed by atoms with E-state index < -0.39 is 5.97 Å². The number of fused-ring (bicyclic) bond motifs is 1. The zero-order chi connectivity index (χ0) is 17.5. The quantitative estimate of drug-likeness (QED) is 0.761. The van der Waals surface area contributed by atoms with E-state index in [0.29, 0.717) is 11.4 Å². The van der Waals surface area contributed by atoms with Gasteiger partial charge in [0.1, 0.15) is 6.54 Å². The van der Waals surface area contributed by atoms with E-state index >= 15 is 0 Å². The topological polar surface area (TPSA) is 75.7 Å². The molecule has 130 valence electrons. The molecule has 0 unspecified atom stereocenters. The summed E-state index contributed by atoms with van der Waals surface area (Å²) < 4.78 is 5.00. The molecular weight excluding hydrogens is 328 g/mol. The maximum absolute atomic E-state index is 12.1. The zero-order valence-corrected chi connectivity index (χ0v) is 14.7.